The number of rotatable bonds is 4. The number of amides is 1. The summed E-state index contributed by atoms with van der Waals surface area (Å²) in [5.74, 6) is -1.72. The first-order valence-electron chi connectivity index (χ1n) is 7.86. The number of aliphatic carboxylic acids is 1. The van der Waals surface area contributed by atoms with Crippen LogP contribution in [-0.4, -0.2) is 60.4 Å². The van der Waals surface area contributed by atoms with Crippen molar-refractivity contribution in [1.82, 2.24) is 14.7 Å². The van der Waals surface area contributed by atoms with Crippen molar-refractivity contribution in [3.05, 3.63) is 52.3 Å². The largest absolute Gasteiger partial charge is 0.479 e. The number of aromatic nitrogens is 2. The van der Waals surface area contributed by atoms with Gasteiger partial charge in [0.15, 0.2) is 11.3 Å². The average Bonchev–Trinajstić information content (AvgIpc) is 3.11. The third-order valence-electron chi connectivity index (χ3n) is 4.41. The van der Waals surface area contributed by atoms with E-state index in [4.69, 9.17) is 5.11 Å². The van der Waals surface area contributed by atoms with Crippen LogP contribution in [-0.2, 0) is 4.79 Å². The highest BCUT2D eigenvalue weighted by molar-refractivity contribution is 5.92. The first-order chi connectivity index (χ1) is 12.3. The lowest BCUT2D eigenvalue weighted by Gasteiger charge is -2.34. The van der Waals surface area contributed by atoms with Crippen LogP contribution in [0.5, 0.6) is 0 Å². The summed E-state index contributed by atoms with van der Waals surface area (Å²) < 4.78 is 1.25. The number of hydrogen-bond donors (Lipinski definition) is 2. The van der Waals surface area contributed by atoms with Crippen molar-refractivity contribution in [3.63, 3.8) is 0 Å². The zero-order valence-corrected chi connectivity index (χ0v) is 13.6. The molecule has 1 aliphatic rings. The lowest BCUT2D eigenvalue weighted by Crippen LogP contribution is -2.50. The van der Waals surface area contributed by atoms with Gasteiger partial charge in [0.1, 0.15) is 5.69 Å². The van der Waals surface area contributed by atoms with Gasteiger partial charge in [-0.25, -0.2) is 9.48 Å². The Morgan fingerprint density at radius 1 is 1.19 bits per heavy atom. The molecule has 2 heterocycles. The molecule has 10 heteroatoms. The zero-order chi connectivity index (χ0) is 18.9. The minimum Gasteiger partial charge on any atom is -0.479 e. The van der Waals surface area contributed by atoms with Gasteiger partial charge in [0.2, 0.25) is 0 Å². The summed E-state index contributed by atoms with van der Waals surface area (Å²) >= 11 is 0. The van der Waals surface area contributed by atoms with Crippen molar-refractivity contribution >= 4 is 17.6 Å². The van der Waals surface area contributed by atoms with Crippen LogP contribution in [0.3, 0.4) is 0 Å². The Labute approximate surface area is 147 Å². The Morgan fingerprint density at radius 3 is 2.46 bits per heavy atom. The summed E-state index contributed by atoms with van der Waals surface area (Å²) in [7, 11) is 0. The van der Waals surface area contributed by atoms with Crippen molar-refractivity contribution in [2.24, 2.45) is 0 Å². The van der Waals surface area contributed by atoms with Crippen molar-refractivity contribution in [3.8, 4) is 5.69 Å². The van der Waals surface area contributed by atoms with Gasteiger partial charge in [-0.2, -0.15) is 5.10 Å². The minimum absolute atomic E-state index is 0.0705. The van der Waals surface area contributed by atoms with Crippen LogP contribution in [0, 0.1) is 10.1 Å². The van der Waals surface area contributed by atoms with E-state index in [1.54, 1.807) is 6.07 Å². The number of hydrogen-bond acceptors (Lipinski definition) is 6. The van der Waals surface area contributed by atoms with Gasteiger partial charge >= 0.3 is 5.97 Å². The average molecular weight is 360 g/mol. The van der Waals surface area contributed by atoms with E-state index in [0.717, 1.165) is 0 Å². The van der Waals surface area contributed by atoms with E-state index in [9.17, 15) is 24.8 Å². The third kappa shape index (κ3) is 3.14. The molecule has 1 aromatic carbocycles. The van der Waals surface area contributed by atoms with Gasteiger partial charge in [-0.15, -0.1) is 0 Å². The van der Waals surface area contributed by atoms with Crippen LogP contribution >= 0.6 is 0 Å². The molecule has 3 rings (SSSR count). The summed E-state index contributed by atoms with van der Waals surface area (Å²) in [5.41, 5.74) is -1.64. The number of piperidine rings is 1. The molecular weight excluding hydrogens is 344 g/mol. The van der Waals surface area contributed by atoms with Crippen LogP contribution in [0.25, 0.3) is 5.69 Å². The predicted molar refractivity (Wildman–Crippen MR) is 87.9 cm³/mol. The smallest absolute Gasteiger partial charge is 0.335 e. The van der Waals surface area contributed by atoms with E-state index in [2.05, 4.69) is 5.10 Å². The first kappa shape index (κ1) is 17.5. The summed E-state index contributed by atoms with van der Waals surface area (Å²) in [4.78, 5) is 35.6. The van der Waals surface area contributed by atoms with Crippen molar-refractivity contribution < 1.29 is 24.7 Å². The topological polar surface area (TPSA) is 139 Å². The summed E-state index contributed by atoms with van der Waals surface area (Å²) in [6.45, 7) is 0.167. The molecule has 2 aromatic rings. The molecule has 1 aliphatic heterocycles. The number of nitrogens with zero attached hydrogens (tertiary/aromatic N) is 4. The second kappa shape index (κ2) is 6.56. The first-order valence-corrected chi connectivity index (χ1v) is 7.86. The Hall–Kier alpha value is -3.27. The molecule has 136 valence electrons. The van der Waals surface area contributed by atoms with Crippen molar-refractivity contribution in [2.75, 3.05) is 13.1 Å². The second-order valence-electron chi connectivity index (χ2n) is 6.02. The van der Waals surface area contributed by atoms with E-state index in [0.29, 0.717) is 0 Å². The number of benzene rings is 1. The van der Waals surface area contributed by atoms with E-state index < -0.39 is 22.4 Å². The molecule has 2 N–H and O–H groups in total. The lowest BCUT2D eigenvalue weighted by molar-refractivity contribution is -0.384. The highest BCUT2D eigenvalue weighted by Gasteiger charge is 2.40. The fourth-order valence-corrected chi connectivity index (χ4v) is 2.84. The van der Waals surface area contributed by atoms with Crippen LogP contribution in [0.15, 0.2) is 36.5 Å². The Balaban J connectivity index is 1.78. The Kier molecular flexibility index (Phi) is 4.43. The van der Waals surface area contributed by atoms with Crippen LogP contribution in [0.4, 0.5) is 5.69 Å². The van der Waals surface area contributed by atoms with E-state index in [1.165, 1.54) is 40.0 Å². The number of para-hydroxylation sites is 2. The van der Waals surface area contributed by atoms with Crippen molar-refractivity contribution in [1.29, 1.82) is 0 Å². The normalized spacial score (nSPS) is 16.3. The van der Waals surface area contributed by atoms with Gasteiger partial charge in [0.25, 0.3) is 11.6 Å². The maximum absolute atomic E-state index is 12.5. The molecular formula is C16H16N4O6. The van der Waals surface area contributed by atoms with Gasteiger partial charge in [-0.1, -0.05) is 12.1 Å². The molecule has 26 heavy (non-hydrogen) atoms. The van der Waals surface area contributed by atoms with Gasteiger partial charge in [-0.3, -0.25) is 14.9 Å². The Bertz CT molecular complexity index is 869. The molecule has 1 aromatic heterocycles. The molecule has 0 saturated carbocycles. The quantitative estimate of drug-likeness (QED) is 0.608. The number of nitro benzene ring substituents is 1. The molecule has 0 bridgehead atoms. The van der Waals surface area contributed by atoms with Gasteiger partial charge < -0.3 is 15.1 Å². The number of carbonyl (C=O) groups is 2. The summed E-state index contributed by atoms with van der Waals surface area (Å²) in [6.07, 6.45) is 1.31. The molecule has 0 unspecified atom stereocenters. The molecule has 0 radical (unpaired) electrons. The summed E-state index contributed by atoms with van der Waals surface area (Å²) in [6, 6.07) is 7.47. The van der Waals surface area contributed by atoms with Gasteiger partial charge in [0, 0.05) is 38.2 Å². The SMILES string of the molecule is O=C(c1ccn(-c2ccccc2[N+](=O)[O-])n1)N1CCC(O)(C(=O)O)CC1. The van der Waals surface area contributed by atoms with Gasteiger partial charge in [-0.05, 0) is 12.1 Å². The molecule has 0 aliphatic carbocycles. The minimum atomic E-state index is -1.82. The standard InChI is InChI=1S/C16H16N4O6/c21-14(18-9-6-16(24,7-10-18)15(22)23)11-5-8-19(17-11)12-3-1-2-4-13(12)20(25)26/h1-5,8,24H,6-7,9-10H2,(H,22,23). The van der Waals surface area contributed by atoms with Crippen LogP contribution in [0.2, 0.25) is 0 Å². The third-order valence-corrected chi connectivity index (χ3v) is 4.41. The van der Waals surface area contributed by atoms with Gasteiger partial charge in [0.05, 0.1) is 4.92 Å². The maximum Gasteiger partial charge on any atom is 0.335 e. The highest BCUT2D eigenvalue weighted by atomic mass is 16.6. The number of likely N-dealkylation sites (tertiary alicyclic amines) is 1. The zero-order valence-electron chi connectivity index (χ0n) is 13.6. The Morgan fingerprint density at radius 2 is 1.85 bits per heavy atom. The number of carboxylic acids is 1. The molecule has 1 amide bonds. The fourth-order valence-electron chi connectivity index (χ4n) is 2.84. The molecule has 10 nitrogen and oxygen atoms in total. The number of nitro groups is 1. The molecule has 0 atom stereocenters. The number of carboxylic acid groups (broad SMARTS) is 1. The monoisotopic (exact) mass is 360 g/mol. The second-order valence-corrected chi connectivity index (χ2v) is 6.02. The predicted octanol–water partition coefficient (Wildman–Crippen LogP) is 0.832. The number of carbonyl (C=O) groups excluding carboxylic acids is 1. The van der Waals surface area contributed by atoms with E-state index in [1.807, 2.05) is 0 Å². The van der Waals surface area contributed by atoms with E-state index in [-0.39, 0.29) is 43.0 Å². The molecule has 1 fully saturated rings. The lowest BCUT2D eigenvalue weighted by atomic mass is 9.91. The van der Waals surface area contributed by atoms with E-state index >= 15 is 0 Å². The van der Waals surface area contributed by atoms with Crippen LogP contribution < -0.4 is 0 Å². The summed E-state index contributed by atoms with van der Waals surface area (Å²) in [5, 5.41) is 34.2. The van der Waals surface area contributed by atoms with Crippen molar-refractivity contribution in [2.45, 2.75) is 18.4 Å². The number of aliphatic hydroxyl groups is 1. The highest BCUT2D eigenvalue weighted by Crippen LogP contribution is 2.24. The molecule has 0 spiro atoms. The molecule has 1 saturated heterocycles. The maximum atomic E-state index is 12.5. The fraction of sp³-hybridized carbons (Fsp3) is 0.312. The van der Waals surface area contributed by atoms with Crippen LogP contribution in [0.1, 0.15) is 23.3 Å².